The summed E-state index contributed by atoms with van der Waals surface area (Å²) in [6.45, 7) is 7.95. The van der Waals surface area contributed by atoms with E-state index in [2.05, 4.69) is 31.4 Å². The zero-order valence-corrected chi connectivity index (χ0v) is 11.4. The lowest BCUT2D eigenvalue weighted by molar-refractivity contribution is 0.496. The highest BCUT2D eigenvalue weighted by atomic mass is 15.1. The Hall–Kier alpha value is -1.51. The molecule has 2 aromatic rings. The lowest BCUT2D eigenvalue weighted by Crippen LogP contribution is -2.07. The van der Waals surface area contributed by atoms with Crippen molar-refractivity contribution in [1.29, 1.82) is 0 Å². The van der Waals surface area contributed by atoms with Crippen LogP contribution in [0, 0.1) is 11.3 Å². The van der Waals surface area contributed by atoms with Crippen LogP contribution >= 0.6 is 0 Å². The predicted molar refractivity (Wildman–Crippen MR) is 75.4 cm³/mol. The van der Waals surface area contributed by atoms with Crippen molar-refractivity contribution in [3.05, 3.63) is 24.0 Å². The Morgan fingerprint density at radius 2 is 2.17 bits per heavy atom. The second kappa shape index (κ2) is 3.74. The summed E-state index contributed by atoms with van der Waals surface area (Å²) in [5.74, 6) is 1.97. The molecular weight excluding hydrogens is 222 g/mol. The fourth-order valence-corrected chi connectivity index (χ4v) is 2.78. The SMILES string of the molecule is CCc1nc2cc(N)ccc2n1CC1CC1(C)C. The van der Waals surface area contributed by atoms with E-state index in [4.69, 9.17) is 10.7 Å². The van der Waals surface area contributed by atoms with Crippen LogP contribution in [0.25, 0.3) is 11.0 Å². The molecule has 1 heterocycles. The Balaban J connectivity index is 2.03. The van der Waals surface area contributed by atoms with Gasteiger partial charge in [-0.25, -0.2) is 4.98 Å². The third-order valence-corrected chi connectivity index (χ3v) is 4.29. The first-order valence-corrected chi connectivity index (χ1v) is 6.76. The van der Waals surface area contributed by atoms with Gasteiger partial charge in [0.1, 0.15) is 5.82 Å². The average Bonchev–Trinajstić information content (AvgIpc) is 2.77. The van der Waals surface area contributed by atoms with Gasteiger partial charge in [0.25, 0.3) is 0 Å². The van der Waals surface area contributed by atoms with Gasteiger partial charge in [-0.1, -0.05) is 20.8 Å². The number of hydrogen-bond donors (Lipinski definition) is 1. The highest BCUT2D eigenvalue weighted by Crippen LogP contribution is 2.52. The van der Waals surface area contributed by atoms with Crippen LogP contribution in [0.1, 0.15) is 33.0 Å². The van der Waals surface area contributed by atoms with Crippen LogP contribution in [0.5, 0.6) is 0 Å². The van der Waals surface area contributed by atoms with E-state index in [9.17, 15) is 0 Å². The highest BCUT2D eigenvalue weighted by molar-refractivity contribution is 5.79. The highest BCUT2D eigenvalue weighted by Gasteiger charge is 2.45. The van der Waals surface area contributed by atoms with Crippen molar-refractivity contribution < 1.29 is 0 Å². The first-order valence-electron chi connectivity index (χ1n) is 6.76. The normalized spacial score (nSPS) is 21.4. The van der Waals surface area contributed by atoms with E-state index in [0.717, 1.165) is 30.1 Å². The van der Waals surface area contributed by atoms with Crippen LogP contribution in [0.4, 0.5) is 5.69 Å². The van der Waals surface area contributed by atoms with Crippen molar-refractivity contribution in [1.82, 2.24) is 9.55 Å². The van der Waals surface area contributed by atoms with Gasteiger partial charge >= 0.3 is 0 Å². The second-order valence-electron chi connectivity index (χ2n) is 6.13. The maximum absolute atomic E-state index is 5.83. The van der Waals surface area contributed by atoms with E-state index in [1.165, 1.54) is 17.8 Å². The molecule has 18 heavy (non-hydrogen) atoms. The van der Waals surface area contributed by atoms with E-state index >= 15 is 0 Å². The fraction of sp³-hybridized carbons (Fsp3) is 0.533. The van der Waals surface area contributed by atoms with Gasteiger partial charge in [-0.3, -0.25) is 0 Å². The molecule has 96 valence electrons. The Kier molecular flexibility index (Phi) is 2.40. The molecule has 1 aromatic heterocycles. The number of nitrogens with two attached hydrogens (primary N) is 1. The number of hydrogen-bond acceptors (Lipinski definition) is 2. The Morgan fingerprint density at radius 1 is 1.44 bits per heavy atom. The number of benzene rings is 1. The van der Waals surface area contributed by atoms with E-state index in [0.29, 0.717) is 5.41 Å². The molecule has 0 saturated heterocycles. The molecule has 0 amide bonds. The van der Waals surface area contributed by atoms with Gasteiger partial charge in [-0.2, -0.15) is 0 Å². The third kappa shape index (κ3) is 1.78. The lowest BCUT2D eigenvalue weighted by Gasteiger charge is -2.09. The van der Waals surface area contributed by atoms with Gasteiger partial charge < -0.3 is 10.3 Å². The van der Waals surface area contributed by atoms with E-state index in [1.807, 2.05) is 12.1 Å². The minimum Gasteiger partial charge on any atom is -0.399 e. The molecular formula is C15H21N3. The molecule has 0 aliphatic heterocycles. The van der Waals surface area contributed by atoms with Gasteiger partial charge in [0.05, 0.1) is 11.0 Å². The van der Waals surface area contributed by atoms with Gasteiger partial charge in [0.15, 0.2) is 0 Å². The molecule has 1 aromatic carbocycles. The number of fused-ring (bicyclic) bond motifs is 1. The minimum absolute atomic E-state index is 0.509. The standard InChI is InChI=1S/C15H21N3/c1-4-14-17-12-7-11(16)5-6-13(12)18(14)9-10-8-15(10,2)3/h5-7,10H,4,8-9,16H2,1-3H3. The molecule has 3 heteroatoms. The van der Waals surface area contributed by atoms with Crippen molar-refractivity contribution >= 4 is 16.7 Å². The summed E-state index contributed by atoms with van der Waals surface area (Å²) < 4.78 is 2.38. The topological polar surface area (TPSA) is 43.8 Å². The molecule has 1 unspecified atom stereocenters. The van der Waals surface area contributed by atoms with E-state index < -0.39 is 0 Å². The zero-order chi connectivity index (χ0) is 12.9. The molecule has 0 radical (unpaired) electrons. The Labute approximate surface area is 108 Å². The zero-order valence-electron chi connectivity index (χ0n) is 11.4. The number of imidazole rings is 1. The number of aryl methyl sites for hydroxylation is 1. The Bertz CT molecular complexity index is 595. The summed E-state index contributed by atoms with van der Waals surface area (Å²) >= 11 is 0. The van der Waals surface area contributed by atoms with Crippen molar-refractivity contribution in [2.45, 2.75) is 40.2 Å². The smallest absolute Gasteiger partial charge is 0.109 e. The van der Waals surface area contributed by atoms with Crippen LogP contribution < -0.4 is 5.73 Å². The summed E-state index contributed by atoms with van der Waals surface area (Å²) in [7, 11) is 0. The van der Waals surface area contributed by atoms with Crippen molar-refractivity contribution in [2.24, 2.45) is 11.3 Å². The van der Waals surface area contributed by atoms with Crippen molar-refractivity contribution in [3.63, 3.8) is 0 Å². The van der Waals surface area contributed by atoms with Crippen molar-refractivity contribution in [2.75, 3.05) is 5.73 Å². The number of rotatable bonds is 3. The first-order chi connectivity index (χ1) is 8.51. The van der Waals surface area contributed by atoms with Crippen LogP contribution in [0.3, 0.4) is 0 Å². The predicted octanol–water partition coefficient (Wildman–Crippen LogP) is 3.23. The number of nitrogen functional groups attached to an aromatic ring is 1. The van der Waals surface area contributed by atoms with Gasteiger partial charge in [0, 0.05) is 18.7 Å². The number of aromatic nitrogens is 2. The van der Waals surface area contributed by atoms with Gasteiger partial charge in [-0.05, 0) is 36.0 Å². The average molecular weight is 243 g/mol. The summed E-state index contributed by atoms with van der Waals surface area (Å²) in [5, 5.41) is 0. The molecule has 1 saturated carbocycles. The van der Waals surface area contributed by atoms with E-state index in [1.54, 1.807) is 0 Å². The molecule has 2 N–H and O–H groups in total. The number of anilines is 1. The summed E-state index contributed by atoms with van der Waals surface area (Å²) in [4.78, 5) is 4.70. The maximum Gasteiger partial charge on any atom is 0.109 e. The maximum atomic E-state index is 5.83. The molecule has 0 spiro atoms. The van der Waals surface area contributed by atoms with E-state index in [-0.39, 0.29) is 0 Å². The first kappa shape index (κ1) is 11.6. The minimum atomic E-state index is 0.509. The Morgan fingerprint density at radius 3 is 2.78 bits per heavy atom. The molecule has 1 atom stereocenters. The van der Waals surface area contributed by atoms with Crippen LogP contribution in [-0.4, -0.2) is 9.55 Å². The molecule has 0 bridgehead atoms. The van der Waals surface area contributed by atoms with Crippen LogP contribution in [0.15, 0.2) is 18.2 Å². The summed E-state index contributed by atoms with van der Waals surface area (Å²) in [6.07, 6.45) is 2.30. The summed E-state index contributed by atoms with van der Waals surface area (Å²) in [6, 6.07) is 6.05. The fourth-order valence-electron chi connectivity index (χ4n) is 2.78. The molecule has 1 aliphatic rings. The van der Waals surface area contributed by atoms with Gasteiger partial charge in [0.2, 0.25) is 0 Å². The number of nitrogens with zero attached hydrogens (tertiary/aromatic N) is 2. The third-order valence-electron chi connectivity index (χ3n) is 4.29. The molecule has 3 nitrogen and oxygen atoms in total. The van der Waals surface area contributed by atoms with Crippen molar-refractivity contribution in [3.8, 4) is 0 Å². The monoisotopic (exact) mass is 243 g/mol. The lowest BCUT2D eigenvalue weighted by atomic mass is 10.1. The van der Waals surface area contributed by atoms with Gasteiger partial charge in [-0.15, -0.1) is 0 Å². The van der Waals surface area contributed by atoms with Crippen LogP contribution in [-0.2, 0) is 13.0 Å². The quantitative estimate of drug-likeness (QED) is 0.841. The summed E-state index contributed by atoms with van der Waals surface area (Å²) in [5.41, 5.74) is 9.39. The molecule has 1 aliphatic carbocycles. The second-order valence-corrected chi connectivity index (χ2v) is 6.13. The van der Waals surface area contributed by atoms with Crippen LogP contribution in [0.2, 0.25) is 0 Å². The molecule has 3 rings (SSSR count). The largest absolute Gasteiger partial charge is 0.399 e. The molecule has 1 fully saturated rings.